The summed E-state index contributed by atoms with van der Waals surface area (Å²) in [7, 11) is 2.89. The zero-order valence-electron chi connectivity index (χ0n) is 11.2. The predicted octanol–water partition coefficient (Wildman–Crippen LogP) is 2.20. The van der Waals surface area contributed by atoms with Gasteiger partial charge in [0, 0.05) is 11.8 Å². The molecule has 0 fully saturated rings. The number of rotatable bonds is 4. The van der Waals surface area contributed by atoms with Crippen LogP contribution in [0.4, 0.5) is 17.2 Å². The van der Waals surface area contributed by atoms with Gasteiger partial charge in [-0.25, -0.2) is 9.78 Å². The lowest BCUT2D eigenvalue weighted by Crippen LogP contribution is -2.08. The van der Waals surface area contributed by atoms with Crippen molar-refractivity contribution in [1.29, 1.82) is 0 Å². The second-order valence-corrected chi connectivity index (χ2v) is 4.01. The first-order valence-electron chi connectivity index (χ1n) is 5.89. The Labute approximate surface area is 116 Å². The van der Waals surface area contributed by atoms with E-state index >= 15 is 0 Å². The van der Waals surface area contributed by atoms with Crippen LogP contribution in [-0.4, -0.2) is 25.2 Å². The first-order chi connectivity index (χ1) is 9.63. The molecule has 0 aliphatic carbocycles. The smallest absolute Gasteiger partial charge is 0.341 e. The number of nitrogens with zero attached hydrogens (tertiary/aromatic N) is 1. The second kappa shape index (κ2) is 5.92. The van der Waals surface area contributed by atoms with Crippen molar-refractivity contribution in [2.24, 2.45) is 0 Å². The summed E-state index contributed by atoms with van der Waals surface area (Å²) in [5.74, 6) is 0.569. The number of nitrogens with one attached hydrogen (secondary N) is 1. The molecule has 0 radical (unpaired) electrons. The number of aromatic nitrogens is 1. The lowest BCUT2D eigenvalue weighted by molar-refractivity contribution is 0.0601. The molecular formula is C14H15N3O3. The van der Waals surface area contributed by atoms with Crippen LogP contribution in [0.3, 0.4) is 0 Å². The van der Waals surface area contributed by atoms with Crippen molar-refractivity contribution < 1.29 is 14.3 Å². The maximum absolute atomic E-state index is 11.7. The van der Waals surface area contributed by atoms with Crippen molar-refractivity contribution in [2.45, 2.75) is 0 Å². The van der Waals surface area contributed by atoms with E-state index in [0.717, 1.165) is 5.69 Å². The van der Waals surface area contributed by atoms with Crippen molar-refractivity contribution in [2.75, 3.05) is 25.3 Å². The fraction of sp³-hybridized carbons (Fsp3) is 0.143. The van der Waals surface area contributed by atoms with Gasteiger partial charge in [0.05, 0.1) is 26.1 Å². The van der Waals surface area contributed by atoms with Crippen LogP contribution < -0.4 is 15.8 Å². The van der Waals surface area contributed by atoms with Crippen molar-refractivity contribution in [1.82, 2.24) is 4.98 Å². The molecule has 2 aromatic rings. The summed E-state index contributed by atoms with van der Waals surface area (Å²) in [6.45, 7) is 0. The number of hydrogen-bond acceptors (Lipinski definition) is 6. The van der Waals surface area contributed by atoms with Crippen LogP contribution in [-0.2, 0) is 4.74 Å². The molecule has 20 heavy (non-hydrogen) atoms. The van der Waals surface area contributed by atoms with Gasteiger partial charge in [0.15, 0.2) is 0 Å². The highest BCUT2D eigenvalue weighted by Crippen LogP contribution is 2.23. The highest BCUT2D eigenvalue weighted by Gasteiger charge is 2.14. The molecule has 6 heteroatoms. The average molecular weight is 273 g/mol. The van der Waals surface area contributed by atoms with E-state index in [1.165, 1.54) is 19.4 Å². The highest BCUT2D eigenvalue weighted by molar-refractivity contribution is 5.96. The number of anilines is 3. The number of methoxy groups -OCH3 is 2. The molecule has 104 valence electrons. The van der Waals surface area contributed by atoms with E-state index in [2.05, 4.69) is 10.3 Å². The molecule has 0 amide bonds. The fourth-order valence-corrected chi connectivity index (χ4v) is 1.68. The standard InChI is InChI=1S/C14H15N3O3/c1-19-11-5-3-4-10(7-11)17-13-12(14(18)20-2)6-9(15)8-16-13/h3-8H,15H2,1-2H3,(H,16,17). The lowest BCUT2D eigenvalue weighted by Gasteiger charge is -2.11. The Balaban J connectivity index is 2.35. The topological polar surface area (TPSA) is 86.5 Å². The van der Waals surface area contributed by atoms with Crippen LogP contribution in [0.25, 0.3) is 0 Å². The third kappa shape index (κ3) is 2.97. The number of hydrogen-bond donors (Lipinski definition) is 2. The van der Waals surface area contributed by atoms with Crippen molar-refractivity contribution >= 4 is 23.2 Å². The maximum Gasteiger partial charge on any atom is 0.341 e. The summed E-state index contributed by atoms with van der Waals surface area (Å²) >= 11 is 0. The molecule has 0 atom stereocenters. The van der Waals surface area contributed by atoms with E-state index in [1.54, 1.807) is 13.2 Å². The molecule has 6 nitrogen and oxygen atoms in total. The summed E-state index contributed by atoms with van der Waals surface area (Å²) in [6.07, 6.45) is 1.47. The third-order valence-electron chi connectivity index (χ3n) is 2.65. The predicted molar refractivity (Wildman–Crippen MR) is 76.3 cm³/mol. The normalized spacial score (nSPS) is 9.90. The van der Waals surface area contributed by atoms with E-state index in [4.69, 9.17) is 15.2 Å². The number of pyridine rings is 1. The van der Waals surface area contributed by atoms with Gasteiger partial charge in [-0.15, -0.1) is 0 Å². The summed E-state index contributed by atoms with van der Waals surface area (Å²) < 4.78 is 9.85. The minimum Gasteiger partial charge on any atom is -0.497 e. The van der Waals surface area contributed by atoms with Gasteiger partial charge >= 0.3 is 5.97 Å². The summed E-state index contributed by atoms with van der Waals surface area (Å²) in [5.41, 5.74) is 7.05. The third-order valence-corrected chi connectivity index (χ3v) is 2.65. The van der Waals surface area contributed by atoms with Gasteiger partial charge in [-0.2, -0.15) is 0 Å². The highest BCUT2D eigenvalue weighted by atomic mass is 16.5. The van der Waals surface area contributed by atoms with Crippen LogP contribution in [0, 0.1) is 0 Å². The molecule has 0 saturated heterocycles. The Morgan fingerprint density at radius 2 is 2.10 bits per heavy atom. The van der Waals surface area contributed by atoms with Gasteiger partial charge in [-0.1, -0.05) is 6.07 Å². The van der Waals surface area contributed by atoms with Gasteiger partial charge < -0.3 is 20.5 Å². The van der Waals surface area contributed by atoms with Crippen LogP contribution in [0.15, 0.2) is 36.5 Å². The zero-order chi connectivity index (χ0) is 14.5. The van der Waals surface area contributed by atoms with Gasteiger partial charge in [-0.3, -0.25) is 0 Å². The Bertz CT molecular complexity index is 629. The van der Waals surface area contributed by atoms with E-state index in [-0.39, 0.29) is 5.56 Å². The number of nitrogen functional groups attached to an aromatic ring is 1. The minimum atomic E-state index is -0.504. The maximum atomic E-state index is 11.7. The molecule has 0 bridgehead atoms. The molecule has 0 unspecified atom stereocenters. The van der Waals surface area contributed by atoms with Crippen LogP contribution in [0.2, 0.25) is 0 Å². The number of esters is 1. The van der Waals surface area contributed by atoms with E-state index in [9.17, 15) is 4.79 Å². The monoisotopic (exact) mass is 273 g/mol. The molecule has 0 aliphatic heterocycles. The Hall–Kier alpha value is -2.76. The lowest BCUT2D eigenvalue weighted by atomic mass is 10.2. The fourth-order valence-electron chi connectivity index (χ4n) is 1.68. The first kappa shape index (κ1) is 13.7. The van der Waals surface area contributed by atoms with Crippen LogP contribution in [0.1, 0.15) is 10.4 Å². The number of ether oxygens (including phenoxy) is 2. The van der Waals surface area contributed by atoms with Gasteiger partial charge in [0.1, 0.15) is 17.1 Å². The number of carbonyl (C=O) groups is 1. The van der Waals surface area contributed by atoms with Gasteiger partial charge in [0.25, 0.3) is 0 Å². The average Bonchev–Trinajstić information content (AvgIpc) is 2.48. The number of nitrogens with two attached hydrogens (primary N) is 1. The molecule has 1 heterocycles. The number of benzene rings is 1. The largest absolute Gasteiger partial charge is 0.497 e. The van der Waals surface area contributed by atoms with E-state index in [1.807, 2.05) is 18.2 Å². The molecule has 0 spiro atoms. The Morgan fingerprint density at radius 1 is 1.30 bits per heavy atom. The van der Waals surface area contributed by atoms with E-state index < -0.39 is 5.97 Å². The van der Waals surface area contributed by atoms with E-state index in [0.29, 0.717) is 17.3 Å². The number of carbonyl (C=O) groups excluding carboxylic acids is 1. The zero-order valence-corrected chi connectivity index (χ0v) is 11.2. The molecule has 0 aliphatic rings. The summed E-state index contributed by atoms with van der Waals surface area (Å²) in [4.78, 5) is 15.8. The van der Waals surface area contributed by atoms with Gasteiger partial charge in [0.2, 0.25) is 0 Å². The molecule has 1 aromatic carbocycles. The van der Waals surface area contributed by atoms with Crippen LogP contribution in [0.5, 0.6) is 5.75 Å². The molecule has 1 aromatic heterocycles. The van der Waals surface area contributed by atoms with Gasteiger partial charge in [-0.05, 0) is 18.2 Å². The first-order valence-corrected chi connectivity index (χ1v) is 5.89. The SMILES string of the molecule is COC(=O)c1cc(N)cnc1Nc1cccc(OC)c1. The van der Waals surface area contributed by atoms with Crippen LogP contribution >= 0.6 is 0 Å². The minimum absolute atomic E-state index is 0.273. The quantitative estimate of drug-likeness (QED) is 0.830. The molecule has 2 rings (SSSR count). The Morgan fingerprint density at radius 3 is 2.80 bits per heavy atom. The molecule has 3 N–H and O–H groups in total. The molecular weight excluding hydrogens is 258 g/mol. The van der Waals surface area contributed by atoms with Crippen molar-refractivity contribution in [3.05, 3.63) is 42.1 Å². The molecule has 0 saturated carbocycles. The summed E-state index contributed by atoms with van der Waals surface area (Å²) in [5, 5.41) is 3.04. The van der Waals surface area contributed by atoms with Crippen molar-refractivity contribution in [3.63, 3.8) is 0 Å². The Kier molecular flexibility index (Phi) is 4.05. The van der Waals surface area contributed by atoms with Crippen molar-refractivity contribution in [3.8, 4) is 5.75 Å². The second-order valence-electron chi connectivity index (χ2n) is 4.01. The summed E-state index contributed by atoms with van der Waals surface area (Å²) in [6, 6.07) is 8.79.